The van der Waals surface area contributed by atoms with E-state index in [0.717, 1.165) is 12.8 Å². The molecular weight excluding hydrogens is 231 g/mol. The molecule has 2 rings (SSSR count). The highest BCUT2D eigenvalue weighted by atomic mass is 19.1. The molecule has 0 aliphatic heterocycles. The Morgan fingerprint density at radius 2 is 2.06 bits per heavy atom. The number of halogens is 1. The molecule has 2 N–H and O–H groups in total. The van der Waals surface area contributed by atoms with E-state index < -0.39 is 0 Å². The van der Waals surface area contributed by atoms with Crippen molar-refractivity contribution < 1.29 is 9.18 Å². The molecule has 0 atom stereocenters. The molecule has 0 unspecified atom stereocenters. The van der Waals surface area contributed by atoms with Crippen molar-refractivity contribution in [2.75, 3.05) is 11.9 Å². The van der Waals surface area contributed by atoms with E-state index >= 15 is 0 Å². The fourth-order valence-corrected chi connectivity index (χ4v) is 2.31. The first-order valence-corrected chi connectivity index (χ1v) is 6.53. The van der Waals surface area contributed by atoms with E-state index in [-0.39, 0.29) is 18.3 Å². The fourth-order valence-electron chi connectivity index (χ4n) is 2.31. The fraction of sp³-hybridized carbons (Fsp3) is 0.500. The smallest absolute Gasteiger partial charge is 0.239 e. The second kappa shape index (κ2) is 6.38. The lowest BCUT2D eigenvalue weighted by Gasteiger charge is -2.22. The third-order valence-corrected chi connectivity index (χ3v) is 3.25. The number of carbonyl (C=O) groups excluding carboxylic acids is 1. The summed E-state index contributed by atoms with van der Waals surface area (Å²) < 4.78 is 12.9. The molecule has 18 heavy (non-hydrogen) atoms. The van der Waals surface area contributed by atoms with E-state index in [1.807, 2.05) is 0 Å². The van der Waals surface area contributed by atoms with Gasteiger partial charge in [0.25, 0.3) is 0 Å². The minimum Gasteiger partial charge on any atom is -0.376 e. The number of hydrogen-bond donors (Lipinski definition) is 2. The lowest BCUT2D eigenvalue weighted by molar-refractivity contribution is -0.120. The van der Waals surface area contributed by atoms with Crippen LogP contribution < -0.4 is 10.6 Å². The normalized spacial score (nSPS) is 16.3. The topological polar surface area (TPSA) is 41.1 Å². The van der Waals surface area contributed by atoms with E-state index in [4.69, 9.17) is 0 Å². The maximum Gasteiger partial charge on any atom is 0.239 e. The molecule has 0 saturated heterocycles. The van der Waals surface area contributed by atoms with Crippen LogP contribution in [0.4, 0.5) is 10.1 Å². The van der Waals surface area contributed by atoms with E-state index in [9.17, 15) is 9.18 Å². The number of carbonyl (C=O) groups is 1. The Morgan fingerprint density at radius 3 is 2.78 bits per heavy atom. The van der Waals surface area contributed by atoms with Crippen LogP contribution in [0.3, 0.4) is 0 Å². The minimum absolute atomic E-state index is 0.0221. The zero-order valence-corrected chi connectivity index (χ0v) is 10.4. The second-order valence-electron chi connectivity index (χ2n) is 4.77. The maximum absolute atomic E-state index is 12.9. The van der Waals surface area contributed by atoms with E-state index in [1.165, 1.54) is 31.4 Å². The van der Waals surface area contributed by atoms with Crippen LogP contribution in [0.15, 0.2) is 24.3 Å². The van der Waals surface area contributed by atoms with Gasteiger partial charge in [-0.15, -0.1) is 0 Å². The summed E-state index contributed by atoms with van der Waals surface area (Å²) in [5.41, 5.74) is 0.633. The Balaban J connectivity index is 1.74. The average Bonchev–Trinajstić information content (AvgIpc) is 2.38. The summed E-state index contributed by atoms with van der Waals surface area (Å²) in [4.78, 5) is 11.7. The van der Waals surface area contributed by atoms with E-state index in [0.29, 0.717) is 11.7 Å². The minimum atomic E-state index is -0.298. The van der Waals surface area contributed by atoms with Gasteiger partial charge in [0.05, 0.1) is 6.54 Å². The molecule has 1 aliphatic rings. The van der Waals surface area contributed by atoms with E-state index in [1.54, 1.807) is 12.1 Å². The Hall–Kier alpha value is -1.58. The standard InChI is InChI=1S/C14H19FN2O/c15-11-5-4-8-13(9-11)16-10-14(18)17-12-6-2-1-3-7-12/h4-5,8-9,12,16H,1-3,6-7,10H2,(H,17,18). The van der Waals surface area contributed by atoms with Crippen molar-refractivity contribution in [1.29, 1.82) is 0 Å². The van der Waals surface area contributed by atoms with Crippen LogP contribution in [-0.4, -0.2) is 18.5 Å². The number of hydrogen-bond acceptors (Lipinski definition) is 2. The highest BCUT2D eigenvalue weighted by molar-refractivity contribution is 5.80. The number of rotatable bonds is 4. The molecule has 1 saturated carbocycles. The predicted octanol–water partition coefficient (Wildman–Crippen LogP) is 2.69. The van der Waals surface area contributed by atoms with Crippen molar-refractivity contribution in [3.8, 4) is 0 Å². The second-order valence-corrected chi connectivity index (χ2v) is 4.77. The first-order chi connectivity index (χ1) is 8.74. The molecular formula is C14H19FN2O. The van der Waals surface area contributed by atoms with Gasteiger partial charge in [-0.05, 0) is 31.0 Å². The van der Waals surface area contributed by atoms with Crippen molar-refractivity contribution in [1.82, 2.24) is 5.32 Å². The molecule has 3 nitrogen and oxygen atoms in total. The van der Waals surface area contributed by atoms with Gasteiger partial charge in [0, 0.05) is 11.7 Å². The Bertz CT molecular complexity index is 403. The predicted molar refractivity (Wildman–Crippen MR) is 69.9 cm³/mol. The van der Waals surface area contributed by atoms with Gasteiger partial charge in [-0.2, -0.15) is 0 Å². The molecule has 1 fully saturated rings. The van der Waals surface area contributed by atoms with Crippen LogP contribution in [-0.2, 0) is 4.79 Å². The molecule has 0 spiro atoms. The van der Waals surface area contributed by atoms with Gasteiger partial charge in [0.2, 0.25) is 5.91 Å². The number of amides is 1. The zero-order valence-electron chi connectivity index (χ0n) is 10.4. The van der Waals surface area contributed by atoms with Crippen molar-refractivity contribution in [2.45, 2.75) is 38.1 Å². The summed E-state index contributed by atoms with van der Waals surface area (Å²) in [6, 6.07) is 6.45. The Morgan fingerprint density at radius 1 is 1.28 bits per heavy atom. The number of anilines is 1. The lowest BCUT2D eigenvalue weighted by Crippen LogP contribution is -2.39. The van der Waals surface area contributed by atoms with Gasteiger partial charge in [-0.1, -0.05) is 25.3 Å². The average molecular weight is 250 g/mol. The highest BCUT2D eigenvalue weighted by Gasteiger charge is 2.15. The summed E-state index contributed by atoms with van der Waals surface area (Å²) in [5.74, 6) is -0.321. The van der Waals surface area contributed by atoms with Gasteiger partial charge >= 0.3 is 0 Å². The summed E-state index contributed by atoms with van der Waals surface area (Å²) >= 11 is 0. The molecule has 1 aliphatic carbocycles. The van der Waals surface area contributed by atoms with Crippen molar-refractivity contribution >= 4 is 11.6 Å². The van der Waals surface area contributed by atoms with Crippen LogP contribution in [0.2, 0.25) is 0 Å². The quantitative estimate of drug-likeness (QED) is 0.862. The molecule has 98 valence electrons. The van der Waals surface area contributed by atoms with Crippen LogP contribution in [0.5, 0.6) is 0 Å². The van der Waals surface area contributed by atoms with Crippen molar-refractivity contribution in [3.63, 3.8) is 0 Å². The summed E-state index contributed by atoms with van der Waals surface area (Å²) in [6.45, 7) is 0.194. The molecule has 4 heteroatoms. The Labute approximate surface area is 107 Å². The first kappa shape index (κ1) is 12.9. The molecule has 1 aromatic carbocycles. The van der Waals surface area contributed by atoms with Gasteiger partial charge in [-0.3, -0.25) is 4.79 Å². The first-order valence-electron chi connectivity index (χ1n) is 6.53. The van der Waals surface area contributed by atoms with Crippen molar-refractivity contribution in [2.24, 2.45) is 0 Å². The third kappa shape index (κ3) is 4.02. The molecule has 0 radical (unpaired) electrons. The van der Waals surface area contributed by atoms with E-state index in [2.05, 4.69) is 10.6 Å². The molecule has 1 aromatic rings. The van der Waals surface area contributed by atoms with Crippen LogP contribution >= 0.6 is 0 Å². The van der Waals surface area contributed by atoms with Crippen LogP contribution in [0.25, 0.3) is 0 Å². The molecule has 0 heterocycles. The number of benzene rings is 1. The summed E-state index contributed by atoms with van der Waals surface area (Å²) in [6.07, 6.45) is 5.82. The van der Waals surface area contributed by atoms with Gasteiger partial charge in [0.1, 0.15) is 5.82 Å². The van der Waals surface area contributed by atoms with Gasteiger partial charge in [0.15, 0.2) is 0 Å². The highest BCUT2D eigenvalue weighted by Crippen LogP contribution is 2.17. The van der Waals surface area contributed by atoms with Crippen molar-refractivity contribution in [3.05, 3.63) is 30.1 Å². The van der Waals surface area contributed by atoms with Crippen LogP contribution in [0.1, 0.15) is 32.1 Å². The lowest BCUT2D eigenvalue weighted by atomic mass is 9.95. The van der Waals surface area contributed by atoms with Crippen LogP contribution in [0, 0.1) is 5.82 Å². The Kier molecular flexibility index (Phi) is 4.56. The SMILES string of the molecule is O=C(CNc1cccc(F)c1)NC1CCCCC1. The molecule has 1 amide bonds. The monoisotopic (exact) mass is 250 g/mol. The molecule has 0 bridgehead atoms. The number of nitrogens with one attached hydrogen (secondary N) is 2. The van der Waals surface area contributed by atoms with Gasteiger partial charge in [-0.25, -0.2) is 4.39 Å². The van der Waals surface area contributed by atoms with Gasteiger partial charge < -0.3 is 10.6 Å². The molecule has 0 aromatic heterocycles. The summed E-state index contributed by atoms with van der Waals surface area (Å²) in [5, 5.41) is 5.93. The largest absolute Gasteiger partial charge is 0.376 e. The maximum atomic E-state index is 12.9. The summed E-state index contributed by atoms with van der Waals surface area (Å²) in [7, 11) is 0. The third-order valence-electron chi connectivity index (χ3n) is 3.25. The zero-order chi connectivity index (χ0) is 12.8.